The molecule has 2 heterocycles. The molecule has 0 radical (unpaired) electrons. The molecule has 2 saturated carbocycles. The number of aryl methyl sites for hydroxylation is 1. The molecule has 6 rings (SSSR count). The number of rotatable bonds is 15. The lowest BCUT2D eigenvalue weighted by atomic mass is 9.66. The molecule has 3 fully saturated rings. The molecule has 0 amide bonds. The monoisotopic (exact) mass is 767 g/mol. The second-order valence-corrected chi connectivity index (χ2v) is 18.4. The van der Waals surface area contributed by atoms with Crippen LogP contribution in [0.25, 0.3) is 0 Å². The lowest BCUT2D eigenvalue weighted by Crippen LogP contribution is -2.48. The van der Waals surface area contributed by atoms with Gasteiger partial charge >= 0.3 is 0 Å². The van der Waals surface area contributed by atoms with Gasteiger partial charge in [0.25, 0.3) is 0 Å². The smallest absolute Gasteiger partial charge is 0.150 e. The van der Waals surface area contributed by atoms with Gasteiger partial charge in [-0.25, -0.2) is 8.93 Å². The van der Waals surface area contributed by atoms with Gasteiger partial charge in [0, 0.05) is 55.0 Å². The number of ether oxygens (including phenoxy) is 1. The summed E-state index contributed by atoms with van der Waals surface area (Å²) >= 11 is 6.49. The van der Waals surface area contributed by atoms with Crippen molar-refractivity contribution >= 4 is 34.6 Å². The van der Waals surface area contributed by atoms with E-state index in [1.54, 1.807) is 7.05 Å². The first-order valence-corrected chi connectivity index (χ1v) is 22.0. The fourth-order valence-electron chi connectivity index (χ4n) is 9.61. The first-order chi connectivity index (χ1) is 25.8. The Morgan fingerprint density at radius 2 is 1.83 bits per heavy atom. The van der Waals surface area contributed by atoms with Gasteiger partial charge in [-0.2, -0.15) is 0 Å². The second kappa shape index (κ2) is 20.6. The summed E-state index contributed by atoms with van der Waals surface area (Å²) in [6.45, 7) is 12.6. The van der Waals surface area contributed by atoms with E-state index in [4.69, 9.17) is 21.4 Å². The number of hydrogen-bond donors (Lipinski definition) is 2. The zero-order chi connectivity index (χ0) is 37.9. The largest absolute Gasteiger partial charge is 0.491 e. The Hall–Kier alpha value is -2.23. The van der Waals surface area contributed by atoms with E-state index in [-0.39, 0.29) is 11.2 Å². The first-order valence-electron chi connectivity index (χ1n) is 20.4. The number of nitrogens with one attached hydrogen (secondary N) is 1. The number of carbonyl (C=O) groups excluding carboxylic acids is 1. The van der Waals surface area contributed by atoms with Crippen molar-refractivity contribution in [2.24, 2.45) is 35.5 Å². The van der Waals surface area contributed by atoms with Crippen molar-refractivity contribution in [2.45, 2.75) is 96.1 Å². The van der Waals surface area contributed by atoms with Crippen LogP contribution >= 0.6 is 11.6 Å². The minimum atomic E-state index is -1.01. The van der Waals surface area contributed by atoms with Gasteiger partial charge in [0.1, 0.15) is 12.0 Å². The molecule has 2 aromatic carbocycles. The highest BCUT2D eigenvalue weighted by molar-refractivity contribution is 7.83. The number of fused-ring (bicyclic) bond motifs is 2. The molecule has 9 heteroatoms. The summed E-state index contributed by atoms with van der Waals surface area (Å²) < 4.78 is 22.0. The van der Waals surface area contributed by atoms with Crippen molar-refractivity contribution in [3.63, 3.8) is 0 Å². The number of likely N-dealkylation sites (tertiary alicyclic amines) is 1. The molecule has 294 valence electrons. The van der Waals surface area contributed by atoms with Gasteiger partial charge in [0.15, 0.2) is 0 Å². The van der Waals surface area contributed by atoms with Crippen LogP contribution in [0.15, 0.2) is 48.6 Å². The number of aldehydes is 1. The van der Waals surface area contributed by atoms with E-state index in [2.05, 4.69) is 59.6 Å². The Morgan fingerprint density at radius 1 is 1.04 bits per heavy atom. The molecule has 0 aromatic heterocycles. The number of halogens is 1. The van der Waals surface area contributed by atoms with Crippen molar-refractivity contribution in [3.8, 4) is 5.75 Å². The number of benzene rings is 2. The molecular formula is C44H66ClN3O4S. The van der Waals surface area contributed by atoms with E-state index in [1.807, 2.05) is 24.3 Å². The third kappa shape index (κ3) is 10.8. The highest BCUT2D eigenvalue weighted by atomic mass is 35.5. The molecule has 1 saturated heterocycles. The molecule has 0 bridgehead atoms. The van der Waals surface area contributed by atoms with Crippen molar-refractivity contribution in [2.75, 3.05) is 58.4 Å². The topological polar surface area (TPSA) is 82.1 Å². The maximum atomic E-state index is 12.5. The molecule has 4 aliphatic rings. The number of carbonyl (C=O) groups is 1. The van der Waals surface area contributed by atoms with Crippen LogP contribution < -0.4 is 14.4 Å². The predicted octanol–water partition coefficient (Wildman–Crippen LogP) is 8.70. The van der Waals surface area contributed by atoms with Crippen molar-refractivity contribution < 1.29 is 18.8 Å². The number of aliphatic hydroxyl groups is 1. The minimum Gasteiger partial charge on any atom is -0.491 e. The highest BCUT2D eigenvalue weighted by Gasteiger charge is 2.40. The summed E-state index contributed by atoms with van der Waals surface area (Å²) in [7, 11) is 1.77. The number of anilines is 1. The molecule has 2 N–H and O–H groups in total. The molecule has 2 aromatic rings. The van der Waals surface area contributed by atoms with Gasteiger partial charge in [-0.3, -0.25) is 4.79 Å². The van der Waals surface area contributed by atoms with Crippen molar-refractivity contribution in [3.05, 3.63) is 70.3 Å². The quantitative estimate of drug-likeness (QED) is 0.140. The maximum absolute atomic E-state index is 12.5. The molecular weight excluding hydrogens is 702 g/mol. The summed E-state index contributed by atoms with van der Waals surface area (Å²) in [6.07, 6.45) is 18.4. The predicted molar refractivity (Wildman–Crippen MR) is 222 cm³/mol. The van der Waals surface area contributed by atoms with E-state index in [0.717, 1.165) is 80.6 Å². The molecule has 0 spiro atoms. The summed E-state index contributed by atoms with van der Waals surface area (Å²) in [5, 5.41) is 7.89. The van der Waals surface area contributed by atoms with Crippen LogP contribution in [0.1, 0.15) is 106 Å². The standard InChI is InChI=1S/C43H62ClN3O3S.CH4O/c1-5-9-34-23-39(44)16-18-40(34)38-27-47(42-22-32(28-48)14-19-43(42)50-29-38)26-37-15-17-41(37)36(13-8-10-30(2)31(3)51(49)45-4)25-46-21-20-33-11-6-7-12-35(33)24-46;1-2/h8,13-14,16,18-19,22-23,28,30-31,33,35-38,41,45H,5-7,9-12,15,17,20-21,24-27,29H2,1-4H3;2H,1H3/b13-8+;. The van der Waals surface area contributed by atoms with E-state index in [9.17, 15) is 9.00 Å². The third-order valence-corrected chi connectivity index (χ3v) is 14.7. The highest BCUT2D eigenvalue weighted by Crippen LogP contribution is 2.45. The molecule has 9 unspecified atom stereocenters. The van der Waals surface area contributed by atoms with Gasteiger partial charge in [0.05, 0.1) is 23.3 Å². The van der Waals surface area contributed by atoms with Gasteiger partial charge in [-0.15, -0.1) is 0 Å². The van der Waals surface area contributed by atoms with Crippen LogP contribution in [0.4, 0.5) is 5.69 Å². The van der Waals surface area contributed by atoms with Crippen molar-refractivity contribution in [1.82, 2.24) is 9.62 Å². The average Bonchev–Trinajstić information content (AvgIpc) is 3.35. The lowest BCUT2D eigenvalue weighted by Gasteiger charge is -2.47. The van der Waals surface area contributed by atoms with Crippen molar-refractivity contribution in [1.29, 1.82) is 0 Å². The first kappa shape index (κ1) is 41.9. The van der Waals surface area contributed by atoms with Crippen LogP contribution in [0.5, 0.6) is 5.75 Å². The van der Waals surface area contributed by atoms with Gasteiger partial charge < -0.3 is 19.6 Å². The average molecular weight is 769 g/mol. The van der Waals surface area contributed by atoms with Crippen LogP contribution in [0.2, 0.25) is 5.02 Å². The van der Waals surface area contributed by atoms with Crippen LogP contribution in [-0.4, -0.2) is 79.2 Å². The number of aliphatic hydroxyl groups excluding tert-OH is 1. The fourth-order valence-corrected chi connectivity index (χ4v) is 10.7. The zero-order valence-electron chi connectivity index (χ0n) is 33.0. The molecule has 7 nitrogen and oxygen atoms in total. The molecule has 2 aliphatic carbocycles. The van der Waals surface area contributed by atoms with E-state index < -0.39 is 11.0 Å². The third-order valence-electron chi connectivity index (χ3n) is 13.0. The molecule has 9 atom stereocenters. The number of hydrogen-bond acceptors (Lipinski definition) is 6. The Labute approximate surface area is 327 Å². The molecule has 2 aliphatic heterocycles. The van der Waals surface area contributed by atoms with Gasteiger partial charge in [0.2, 0.25) is 0 Å². The Kier molecular flexibility index (Phi) is 16.3. The number of nitrogens with zero attached hydrogens (tertiary/aromatic N) is 2. The Balaban J connectivity index is 0.00000266. The van der Waals surface area contributed by atoms with Gasteiger partial charge in [-0.05, 0) is 136 Å². The summed E-state index contributed by atoms with van der Waals surface area (Å²) in [4.78, 5) is 17.3. The minimum absolute atomic E-state index is 0.105. The molecule has 53 heavy (non-hydrogen) atoms. The SMILES string of the molecule is CCCc1cc(Cl)ccc1C1COc2ccc(C=O)cc2N(CC2CCC2C(/C=C/CC(C)C(C)S(=O)NC)CN2CCC3CCCCC3C2)C1.CO. The van der Waals surface area contributed by atoms with Crippen LogP contribution in [-0.2, 0) is 17.4 Å². The Morgan fingerprint density at radius 3 is 2.55 bits per heavy atom. The second-order valence-electron chi connectivity index (χ2n) is 16.2. The van der Waals surface area contributed by atoms with E-state index >= 15 is 0 Å². The van der Waals surface area contributed by atoms with E-state index in [1.165, 1.54) is 69.2 Å². The maximum Gasteiger partial charge on any atom is 0.150 e. The lowest BCUT2D eigenvalue weighted by molar-refractivity contribution is 0.0508. The fraction of sp³-hybridized carbons (Fsp3) is 0.659. The van der Waals surface area contributed by atoms with Crippen LogP contribution in [0.3, 0.4) is 0 Å². The number of allylic oxidation sites excluding steroid dienone is 1. The number of piperidine rings is 1. The summed E-state index contributed by atoms with van der Waals surface area (Å²) in [6, 6.07) is 12.3. The van der Waals surface area contributed by atoms with Gasteiger partial charge in [-0.1, -0.05) is 69.4 Å². The summed E-state index contributed by atoms with van der Waals surface area (Å²) in [5.74, 6) is 4.88. The normalized spacial score (nSPS) is 26.8. The summed E-state index contributed by atoms with van der Waals surface area (Å²) in [5.41, 5.74) is 4.38. The van der Waals surface area contributed by atoms with Crippen LogP contribution in [0, 0.1) is 35.5 Å². The van der Waals surface area contributed by atoms with E-state index in [0.29, 0.717) is 35.8 Å². The zero-order valence-corrected chi connectivity index (χ0v) is 34.6. The Bertz CT molecular complexity index is 1520.